The zero-order valence-electron chi connectivity index (χ0n) is 23.0. The second-order valence-electron chi connectivity index (χ2n) is 12.6. The van der Waals surface area contributed by atoms with E-state index >= 15 is 0 Å². The van der Waals surface area contributed by atoms with Crippen molar-refractivity contribution in [1.29, 1.82) is 0 Å². The van der Waals surface area contributed by atoms with Crippen molar-refractivity contribution in [2.45, 2.75) is 111 Å². The maximum Gasteiger partial charge on any atom is 0.0818 e. The maximum absolute atomic E-state index is 5.72. The van der Waals surface area contributed by atoms with E-state index in [2.05, 4.69) is 60.3 Å². The summed E-state index contributed by atoms with van der Waals surface area (Å²) >= 11 is 0. The number of fused-ring (bicyclic) bond motifs is 1. The molecular formula is C31H52O2. The van der Waals surface area contributed by atoms with Gasteiger partial charge in [0.05, 0.1) is 11.7 Å². The topological polar surface area (TPSA) is 18.5 Å². The molecular weight excluding hydrogens is 404 g/mol. The van der Waals surface area contributed by atoms with Crippen LogP contribution >= 0.6 is 0 Å². The van der Waals surface area contributed by atoms with Gasteiger partial charge in [0.25, 0.3) is 0 Å². The molecule has 0 aromatic heterocycles. The van der Waals surface area contributed by atoms with Gasteiger partial charge >= 0.3 is 0 Å². The van der Waals surface area contributed by atoms with Crippen LogP contribution in [0.2, 0.25) is 0 Å². The first-order valence-electron chi connectivity index (χ1n) is 13.7. The van der Waals surface area contributed by atoms with Gasteiger partial charge in [-0.1, -0.05) is 57.6 Å². The number of ether oxygens (including phenoxy) is 2. The minimum atomic E-state index is -0.00482. The van der Waals surface area contributed by atoms with Crippen LogP contribution in [0.25, 0.3) is 0 Å². The standard InChI is InChI=1S/C31H52O2/c1-21(16-18-30(5,6)33-9)23(3)27-14-15-28-26(11-10-17-31(27,28)7)13-12-25-19-22(2)24(4)29(20-25)32-8/h12-13,21-23,27-29H,4,10-11,14-20H2,1-3,5-9H3/b25-12-,26-13+/t21-,22-,23+,27?,28?,29-,31-/m1/s1. The molecule has 0 amide bonds. The Morgan fingerprint density at radius 1 is 1.15 bits per heavy atom. The molecule has 3 fully saturated rings. The van der Waals surface area contributed by atoms with E-state index < -0.39 is 0 Å². The van der Waals surface area contributed by atoms with E-state index in [1.807, 2.05) is 14.2 Å². The van der Waals surface area contributed by atoms with Crippen LogP contribution in [-0.2, 0) is 9.47 Å². The average Bonchev–Trinajstić information content (AvgIpc) is 3.15. The second kappa shape index (κ2) is 10.8. The van der Waals surface area contributed by atoms with Crippen molar-refractivity contribution in [1.82, 2.24) is 0 Å². The summed E-state index contributed by atoms with van der Waals surface area (Å²) in [7, 11) is 3.68. The van der Waals surface area contributed by atoms with Gasteiger partial charge in [-0.25, -0.2) is 0 Å². The normalized spacial score (nSPS) is 37.4. The number of methoxy groups -OCH3 is 2. The number of allylic oxidation sites excluding steroid dienone is 3. The Hall–Kier alpha value is -0.860. The van der Waals surface area contributed by atoms with Crippen molar-refractivity contribution in [3.05, 3.63) is 35.5 Å². The molecule has 3 rings (SSSR count). The fourth-order valence-corrected chi connectivity index (χ4v) is 7.37. The van der Waals surface area contributed by atoms with Gasteiger partial charge in [0.2, 0.25) is 0 Å². The molecule has 0 spiro atoms. The van der Waals surface area contributed by atoms with Crippen LogP contribution in [0.15, 0.2) is 35.5 Å². The van der Waals surface area contributed by atoms with Gasteiger partial charge in [-0.15, -0.1) is 0 Å². The van der Waals surface area contributed by atoms with Crippen molar-refractivity contribution < 1.29 is 9.47 Å². The van der Waals surface area contributed by atoms with Crippen LogP contribution in [-0.4, -0.2) is 25.9 Å². The van der Waals surface area contributed by atoms with Crippen LogP contribution in [0.4, 0.5) is 0 Å². The first kappa shape index (κ1) is 26.7. The Labute approximate surface area is 205 Å². The molecule has 0 aromatic carbocycles. The summed E-state index contributed by atoms with van der Waals surface area (Å²) < 4.78 is 11.4. The van der Waals surface area contributed by atoms with Gasteiger partial charge in [-0.2, -0.15) is 0 Å². The molecule has 0 aromatic rings. The van der Waals surface area contributed by atoms with Gasteiger partial charge in [0.15, 0.2) is 0 Å². The SMILES string of the molecule is C=C1[C@H](C)C/C(=C/C=C2\CCC[C@@]3(C)C2CCC3[C@@H](C)[C@H](C)CCC(C)(C)OC)C[C@H]1OC. The molecule has 0 radical (unpaired) electrons. The minimum Gasteiger partial charge on any atom is -0.379 e. The minimum absolute atomic E-state index is 0.00482. The van der Waals surface area contributed by atoms with Crippen molar-refractivity contribution >= 4 is 0 Å². The van der Waals surface area contributed by atoms with E-state index in [9.17, 15) is 0 Å². The first-order chi connectivity index (χ1) is 15.5. The Balaban J connectivity index is 1.70. The van der Waals surface area contributed by atoms with E-state index in [1.54, 1.807) is 11.1 Å². The van der Waals surface area contributed by atoms with Gasteiger partial charge in [-0.05, 0) is 112 Å². The molecule has 7 atom stereocenters. The largest absolute Gasteiger partial charge is 0.379 e. The van der Waals surface area contributed by atoms with Crippen LogP contribution in [0.1, 0.15) is 99.3 Å². The van der Waals surface area contributed by atoms with Gasteiger partial charge in [0.1, 0.15) is 0 Å². The van der Waals surface area contributed by atoms with Crippen LogP contribution in [0.3, 0.4) is 0 Å². The van der Waals surface area contributed by atoms with Crippen molar-refractivity contribution in [2.75, 3.05) is 14.2 Å². The van der Waals surface area contributed by atoms with Crippen LogP contribution < -0.4 is 0 Å². The molecule has 2 heteroatoms. The predicted molar refractivity (Wildman–Crippen MR) is 141 cm³/mol. The Kier molecular flexibility index (Phi) is 8.76. The summed E-state index contributed by atoms with van der Waals surface area (Å²) in [6, 6.07) is 0. The maximum atomic E-state index is 5.72. The fourth-order valence-electron chi connectivity index (χ4n) is 7.37. The summed E-state index contributed by atoms with van der Waals surface area (Å²) in [5.74, 6) is 3.66. The molecule has 2 unspecified atom stereocenters. The molecule has 0 heterocycles. The lowest BCUT2D eigenvalue weighted by molar-refractivity contribution is 0.00451. The molecule has 0 bridgehead atoms. The summed E-state index contributed by atoms with van der Waals surface area (Å²) in [5, 5.41) is 0. The lowest BCUT2D eigenvalue weighted by Crippen LogP contribution is -2.37. The Morgan fingerprint density at radius 2 is 1.88 bits per heavy atom. The zero-order chi connectivity index (χ0) is 24.4. The van der Waals surface area contributed by atoms with E-state index in [4.69, 9.17) is 9.47 Å². The van der Waals surface area contributed by atoms with Crippen LogP contribution in [0.5, 0.6) is 0 Å². The third kappa shape index (κ3) is 5.87. The summed E-state index contributed by atoms with van der Waals surface area (Å²) in [6.07, 6.45) is 16.6. The third-order valence-electron chi connectivity index (χ3n) is 10.2. The summed E-state index contributed by atoms with van der Waals surface area (Å²) in [4.78, 5) is 0. The van der Waals surface area contributed by atoms with Crippen molar-refractivity contribution in [3.63, 3.8) is 0 Å². The molecule has 3 saturated carbocycles. The molecule has 2 nitrogen and oxygen atoms in total. The van der Waals surface area contributed by atoms with Crippen molar-refractivity contribution in [2.24, 2.45) is 35.0 Å². The molecule has 0 saturated heterocycles. The quantitative estimate of drug-likeness (QED) is 0.341. The van der Waals surface area contributed by atoms with E-state index in [-0.39, 0.29) is 11.7 Å². The Bertz CT molecular complexity index is 744. The monoisotopic (exact) mass is 456 g/mol. The summed E-state index contributed by atoms with van der Waals surface area (Å²) in [6.45, 7) is 18.7. The number of hydrogen-bond acceptors (Lipinski definition) is 2. The highest BCUT2D eigenvalue weighted by Gasteiger charge is 2.51. The molecule has 33 heavy (non-hydrogen) atoms. The first-order valence-corrected chi connectivity index (χ1v) is 13.7. The number of hydrogen-bond donors (Lipinski definition) is 0. The van der Waals surface area contributed by atoms with Gasteiger partial charge in [0, 0.05) is 14.2 Å². The lowest BCUT2D eigenvalue weighted by Gasteiger charge is -2.45. The highest BCUT2D eigenvalue weighted by molar-refractivity contribution is 5.29. The molecule has 3 aliphatic carbocycles. The van der Waals surface area contributed by atoms with Gasteiger partial charge < -0.3 is 9.47 Å². The third-order valence-corrected chi connectivity index (χ3v) is 10.2. The van der Waals surface area contributed by atoms with Crippen LogP contribution in [0, 0.1) is 35.0 Å². The highest BCUT2D eigenvalue weighted by atomic mass is 16.5. The molecule has 3 aliphatic rings. The number of rotatable bonds is 8. The van der Waals surface area contributed by atoms with E-state index in [0.29, 0.717) is 11.3 Å². The second-order valence-corrected chi connectivity index (χ2v) is 12.6. The predicted octanol–water partition coefficient (Wildman–Crippen LogP) is 8.53. The smallest absolute Gasteiger partial charge is 0.0818 e. The van der Waals surface area contributed by atoms with E-state index in [1.165, 1.54) is 44.1 Å². The van der Waals surface area contributed by atoms with E-state index in [0.717, 1.165) is 42.9 Å². The Morgan fingerprint density at radius 3 is 2.55 bits per heavy atom. The fraction of sp³-hybridized carbons (Fsp3) is 0.806. The van der Waals surface area contributed by atoms with Crippen molar-refractivity contribution in [3.8, 4) is 0 Å². The molecule has 188 valence electrons. The zero-order valence-corrected chi connectivity index (χ0v) is 23.0. The van der Waals surface area contributed by atoms with Gasteiger partial charge in [-0.3, -0.25) is 0 Å². The average molecular weight is 457 g/mol. The lowest BCUT2D eigenvalue weighted by atomic mass is 9.59. The molecule has 0 N–H and O–H groups in total. The molecule has 0 aliphatic heterocycles. The summed E-state index contributed by atoms with van der Waals surface area (Å²) in [5.41, 5.74) is 5.00. The highest BCUT2D eigenvalue weighted by Crippen LogP contribution is 2.60.